The topological polar surface area (TPSA) is 92.7 Å². The Kier molecular flexibility index (Phi) is 4.35. The van der Waals surface area contributed by atoms with Gasteiger partial charge < -0.3 is 21.3 Å². The lowest BCUT2D eigenvalue weighted by atomic mass is 9.95. The van der Waals surface area contributed by atoms with Crippen LogP contribution in [-0.4, -0.2) is 43.9 Å². The number of nitrogens with two attached hydrogens (primary N) is 2. The molecule has 0 atom stereocenters. The van der Waals surface area contributed by atoms with Crippen molar-refractivity contribution in [1.82, 2.24) is 4.90 Å². The Morgan fingerprint density at radius 1 is 1.24 bits per heavy atom. The number of piperidine rings is 1. The van der Waals surface area contributed by atoms with E-state index in [4.69, 9.17) is 11.5 Å². The van der Waals surface area contributed by atoms with E-state index in [-0.39, 0.29) is 17.7 Å². The molecule has 4 N–H and O–H groups in total. The zero-order valence-electron chi connectivity index (χ0n) is 12.5. The fraction of sp³-hybridized carbons (Fsp3) is 0.467. The molecule has 2 amide bonds. The summed E-state index contributed by atoms with van der Waals surface area (Å²) in [4.78, 5) is 27.2. The van der Waals surface area contributed by atoms with Crippen LogP contribution in [0, 0.1) is 5.92 Å². The summed E-state index contributed by atoms with van der Waals surface area (Å²) >= 11 is 0. The van der Waals surface area contributed by atoms with Crippen LogP contribution in [0.4, 0.5) is 11.4 Å². The van der Waals surface area contributed by atoms with Gasteiger partial charge in [-0.25, -0.2) is 0 Å². The number of amides is 2. The van der Waals surface area contributed by atoms with E-state index >= 15 is 0 Å². The van der Waals surface area contributed by atoms with E-state index in [2.05, 4.69) is 4.90 Å². The van der Waals surface area contributed by atoms with E-state index in [1.54, 1.807) is 31.1 Å². The Bertz CT molecular complexity index is 549. The Balaban J connectivity index is 2.25. The SMILES string of the molecule is CN(C)C(=O)c1ccc(N)cc1N1CCC(C(N)=O)CC1. The quantitative estimate of drug-likeness (QED) is 0.800. The number of carbonyl (C=O) groups excluding carboxylic acids is 2. The van der Waals surface area contributed by atoms with Gasteiger partial charge in [-0.15, -0.1) is 0 Å². The number of rotatable bonds is 3. The molecule has 0 aromatic heterocycles. The molecule has 114 valence electrons. The predicted octanol–water partition coefficient (Wildman–Crippen LogP) is 0.672. The van der Waals surface area contributed by atoms with Gasteiger partial charge in [-0.3, -0.25) is 9.59 Å². The molecule has 1 aromatic rings. The highest BCUT2D eigenvalue weighted by Crippen LogP contribution is 2.29. The number of nitrogen functional groups attached to an aromatic ring is 1. The summed E-state index contributed by atoms with van der Waals surface area (Å²) in [5, 5.41) is 0. The molecule has 1 aliphatic heterocycles. The van der Waals surface area contributed by atoms with Crippen molar-refractivity contribution in [1.29, 1.82) is 0 Å². The predicted molar refractivity (Wildman–Crippen MR) is 83.0 cm³/mol. The van der Waals surface area contributed by atoms with E-state index in [0.717, 1.165) is 5.69 Å². The molecular weight excluding hydrogens is 268 g/mol. The number of carbonyl (C=O) groups is 2. The van der Waals surface area contributed by atoms with Crippen molar-refractivity contribution < 1.29 is 9.59 Å². The molecular formula is C15H22N4O2. The minimum Gasteiger partial charge on any atom is -0.399 e. The molecule has 0 spiro atoms. The molecule has 0 unspecified atom stereocenters. The van der Waals surface area contributed by atoms with Gasteiger partial charge in [-0.1, -0.05) is 0 Å². The maximum atomic E-state index is 12.3. The Labute approximate surface area is 124 Å². The zero-order valence-corrected chi connectivity index (χ0v) is 12.5. The van der Waals surface area contributed by atoms with Crippen molar-refractivity contribution >= 4 is 23.2 Å². The van der Waals surface area contributed by atoms with Gasteiger partial charge in [-0.2, -0.15) is 0 Å². The highest BCUT2D eigenvalue weighted by atomic mass is 16.2. The second kappa shape index (κ2) is 6.03. The smallest absolute Gasteiger partial charge is 0.255 e. The first-order valence-electron chi connectivity index (χ1n) is 7.05. The average Bonchev–Trinajstić information content (AvgIpc) is 2.46. The fourth-order valence-electron chi connectivity index (χ4n) is 2.64. The van der Waals surface area contributed by atoms with Crippen molar-refractivity contribution in [2.45, 2.75) is 12.8 Å². The molecule has 6 nitrogen and oxygen atoms in total. The summed E-state index contributed by atoms with van der Waals surface area (Å²) < 4.78 is 0. The Morgan fingerprint density at radius 2 is 1.86 bits per heavy atom. The lowest BCUT2D eigenvalue weighted by Crippen LogP contribution is -2.39. The van der Waals surface area contributed by atoms with Crippen molar-refractivity contribution in [3.8, 4) is 0 Å². The van der Waals surface area contributed by atoms with Crippen LogP contribution in [0.3, 0.4) is 0 Å². The van der Waals surface area contributed by atoms with Crippen LogP contribution in [0.25, 0.3) is 0 Å². The van der Waals surface area contributed by atoms with E-state index in [0.29, 0.717) is 37.2 Å². The largest absolute Gasteiger partial charge is 0.399 e. The average molecular weight is 290 g/mol. The van der Waals surface area contributed by atoms with E-state index in [1.165, 1.54) is 0 Å². The first-order chi connectivity index (χ1) is 9.90. The maximum absolute atomic E-state index is 12.3. The molecule has 1 aromatic carbocycles. The summed E-state index contributed by atoms with van der Waals surface area (Å²) in [5.74, 6) is -0.371. The van der Waals surface area contributed by atoms with Crippen LogP contribution in [0.2, 0.25) is 0 Å². The van der Waals surface area contributed by atoms with Gasteiger partial charge in [0, 0.05) is 38.8 Å². The third-order valence-electron chi connectivity index (χ3n) is 3.90. The van der Waals surface area contributed by atoms with E-state index < -0.39 is 0 Å². The minimum atomic E-state index is -0.244. The Hall–Kier alpha value is -2.24. The fourth-order valence-corrected chi connectivity index (χ4v) is 2.64. The third-order valence-corrected chi connectivity index (χ3v) is 3.90. The molecule has 0 bridgehead atoms. The maximum Gasteiger partial charge on any atom is 0.255 e. The van der Waals surface area contributed by atoms with E-state index in [1.807, 2.05) is 6.07 Å². The standard InChI is InChI=1S/C15H22N4O2/c1-18(2)15(21)12-4-3-11(16)9-13(12)19-7-5-10(6-8-19)14(17)20/h3-4,9-10H,5-8,16H2,1-2H3,(H2,17,20). The zero-order chi connectivity index (χ0) is 15.6. The minimum absolute atomic E-state index is 0.0537. The molecule has 2 rings (SSSR count). The van der Waals surface area contributed by atoms with Crippen molar-refractivity contribution in [2.75, 3.05) is 37.8 Å². The number of hydrogen-bond donors (Lipinski definition) is 2. The molecule has 1 heterocycles. The van der Waals surface area contributed by atoms with Gasteiger partial charge >= 0.3 is 0 Å². The lowest BCUT2D eigenvalue weighted by molar-refractivity contribution is -0.122. The van der Waals surface area contributed by atoms with Crippen LogP contribution >= 0.6 is 0 Å². The van der Waals surface area contributed by atoms with Gasteiger partial charge in [-0.05, 0) is 31.0 Å². The molecule has 1 aliphatic rings. The summed E-state index contributed by atoms with van der Waals surface area (Å²) in [6.45, 7) is 1.40. The molecule has 1 saturated heterocycles. The molecule has 6 heteroatoms. The second-order valence-corrected chi connectivity index (χ2v) is 5.64. The first kappa shape index (κ1) is 15.2. The van der Waals surface area contributed by atoms with Crippen LogP contribution in [-0.2, 0) is 4.79 Å². The first-order valence-corrected chi connectivity index (χ1v) is 7.05. The molecule has 21 heavy (non-hydrogen) atoms. The highest BCUT2D eigenvalue weighted by molar-refractivity contribution is 6.00. The second-order valence-electron chi connectivity index (χ2n) is 5.64. The van der Waals surface area contributed by atoms with Gasteiger partial charge in [0.25, 0.3) is 5.91 Å². The summed E-state index contributed by atoms with van der Waals surface area (Å²) in [5.41, 5.74) is 13.3. The van der Waals surface area contributed by atoms with Gasteiger partial charge in [0.15, 0.2) is 0 Å². The summed E-state index contributed by atoms with van der Waals surface area (Å²) in [7, 11) is 3.45. The lowest BCUT2D eigenvalue weighted by Gasteiger charge is -2.33. The Morgan fingerprint density at radius 3 is 2.38 bits per heavy atom. The molecule has 0 radical (unpaired) electrons. The molecule has 1 fully saturated rings. The number of nitrogens with zero attached hydrogens (tertiary/aromatic N) is 2. The molecule has 0 saturated carbocycles. The van der Waals surface area contributed by atoms with Crippen molar-refractivity contribution in [3.05, 3.63) is 23.8 Å². The van der Waals surface area contributed by atoms with Gasteiger partial charge in [0.1, 0.15) is 0 Å². The normalized spacial score (nSPS) is 15.8. The van der Waals surface area contributed by atoms with Gasteiger partial charge in [0.2, 0.25) is 5.91 Å². The number of anilines is 2. The van der Waals surface area contributed by atoms with Crippen LogP contribution in [0.1, 0.15) is 23.2 Å². The summed E-state index contributed by atoms with van der Waals surface area (Å²) in [6.07, 6.45) is 1.42. The third kappa shape index (κ3) is 3.26. The van der Waals surface area contributed by atoms with Crippen molar-refractivity contribution in [3.63, 3.8) is 0 Å². The number of hydrogen-bond acceptors (Lipinski definition) is 4. The van der Waals surface area contributed by atoms with Crippen molar-refractivity contribution in [2.24, 2.45) is 11.7 Å². The monoisotopic (exact) mass is 290 g/mol. The number of benzene rings is 1. The highest BCUT2D eigenvalue weighted by Gasteiger charge is 2.26. The van der Waals surface area contributed by atoms with E-state index in [9.17, 15) is 9.59 Å². The van der Waals surface area contributed by atoms with Crippen LogP contribution < -0.4 is 16.4 Å². The number of primary amides is 1. The van der Waals surface area contributed by atoms with Gasteiger partial charge in [0.05, 0.1) is 11.3 Å². The molecule has 0 aliphatic carbocycles. The summed E-state index contributed by atoms with van der Waals surface area (Å²) in [6, 6.07) is 5.31. The van der Waals surface area contributed by atoms with Crippen LogP contribution in [0.15, 0.2) is 18.2 Å². The van der Waals surface area contributed by atoms with Crippen LogP contribution in [0.5, 0.6) is 0 Å².